The average Bonchev–Trinajstić information content (AvgIpc) is 2.70. The maximum Gasteiger partial charge on any atom is 0.257 e. The van der Waals surface area contributed by atoms with Crippen molar-refractivity contribution in [2.75, 3.05) is 20.3 Å². The quantitative estimate of drug-likeness (QED) is 0.319. The number of carbonyl (C=O) groups excluding carboxylic acids is 1. The second-order valence-electron chi connectivity index (χ2n) is 6.80. The molecule has 1 aromatic heterocycles. The Kier molecular flexibility index (Phi) is 9.39. The maximum absolute atomic E-state index is 13.0. The molecule has 0 aliphatic heterocycles. The van der Waals surface area contributed by atoms with Crippen molar-refractivity contribution in [3.63, 3.8) is 0 Å². The van der Waals surface area contributed by atoms with Crippen molar-refractivity contribution in [1.29, 1.82) is 0 Å². The number of aromatic nitrogens is 2. The molecule has 0 aliphatic carbocycles. The van der Waals surface area contributed by atoms with E-state index < -0.39 is 0 Å². The van der Waals surface area contributed by atoms with Gasteiger partial charge in [-0.05, 0) is 31.0 Å². The number of methoxy groups -OCH3 is 1. The number of halogens is 1. The van der Waals surface area contributed by atoms with Crippen LogP contribution in [0.3, 0.4) is 0 Å². The first-order valence-corrected chi connectivity index (χ1v) is 11.3. The second-order valence-corrected chi connectivity index (χ2v) is 8.89. The minimum Gasteiger partial charge on any atom is -0.383 e. The van der Waals surface area contributed by atoms with Crippen LogP contribution < -0.4 is 10.9 Å². The summed E-state index contributed by atoms with van der Waals surface area (Å²) in [7, 11) is 3.32. The number of benzene rings is 1. The zero-order valence-corrected chi connectivity index (χ0v) is 19.7. The summed E-state index contributed by atoms with van der Waals surface area (Å²) in [6.07, 6.45) is 2.10. The van der Waals surface area contributed by atoms with Crippen molar-refractivity contribution in [2.24, 2.45) is 7.05 Å². The van der Waals surface area contributed by atoms with Crippen LogP contribution >= 0.6 is 27.7 Å². The number of hydrogen-bond donors (Lipinski definition) is 1. The van der Waals surface area contributed by atoms with Crippen LogP contribution in [0.15, 0.2) is 38.7 Å². The van der Waals surface area contributed by atoms with Gasteiger partial charge in [-0.3, -0.25) is 14.2 Å². The Hall–Kier alpha value is -1.64. The van der Waals surface area contributed by atoms with Gasteiger partial charge in [-0.2, -0.15) is 0 Å². The first kappa shape index (κ1) is 23.6. The predicted molar refractivity (Wildman–Crippen MR) is 121 cm³/mol. The van der Waals surface area contributed by atoms with Crippen LogP contribution in [0, 0.1) is 6.92 Å². The molecule has 8 heteroatoms. The molecule has 29 heavy (non-hydrogen) atoms. The Balaban J connectivity index is 2.23. The minimum absolute atomic E-state index is 0.0558. The van der Waals surface area contributed by atoms with Crippen LogP contribution in [-0.2, 0) is 23.0 Å². The van der Waals surface area contributed by atoms with E-state index in [4.69, 9.17) is 4.74 Å². The van der Waals surface area contributed by atoms with E-state index in [0.717, 1.165) is 16.5 Å². The number of ether oxygens (including phenoxy) is 1. The van der Waals surface area contributed by atoms with E-state index in [-0.39, 0.29) is 16.7 Å². The van der Waals surface area contributed by atoms with Gasteiger partial charge in [-0.25, -0.2) is 4.98 Å². The smallest absolute Gasteiger partial charge is 0.257 e. The molecule has 1 amide bonds. The molecular formula is C21H28BrN3O3S. The molecule has 1 atom stereocenters. The van der Waals surface area contributed by atoms with E-state index in [9.17, 15) is 9.59 Å². The Morgan fingerprint density at radius 3 is 2.66 bits per heavy atom. The normalized spacial score (nSPS) is 12.0. The van der Waals surface area contributed by atoms with Crippen LogP contribution in [0.5, 0.6) is 0 Å². The summed E-state index contributed by atoms with van der Waals surface area (Å²) in [5, 5.41) is 3.15. The summed E-state index contributed by atoms with van der Waals surface area (Å²) in [5.74, 6) is -0.0558. The lowest BCUT2D eigenvalue weighted by atomic mass is 10.1. The highest BCUT2D eigenvalue weighted by Crippen LogP contribution is 2.25. The largest absolute Gasteiger partial charge is 0.383 e. The lowest BCUT2D eigenvalue weighted by molar-refractivity contribution is -0.120. The van der Waals surface area contributed by atoms with Crippen molar-refractivity contribution in [3.05, 3.63) is 55.9 Å². The highest BCUT2D eigenvalue weighted by molar-refractivity contribution is 9.10. The number of amides is 1. The molecule has 0 fully saturated rings. The third-order valence-electron chi connectivity index (χ3n) is 4.54. The van der Waals surface area contributed by atoms with Crippen molar-refractivity contribution >= 4 is 33.6 Å². The standard InChI is InChI=1S/C21H28BrN3O3S/c1-5-6-18(19(26)23-11-12-28-4)29-21-24-14(2)17(20(27)25(21)3)13-15-7-9-16(22)10-8-15/h7-10,18H,5-6,11-13H2,1-4H3,(H,23,26). The molecule has 2 aromatic rings. The number of nitrogens with zero attached hydrogens (tertiary/aromatic N) is 2. The van der Waals surface area contributed by atoms with Crippen LogP contribution in [0.25, 0.3) is 0 Å². The minimum atomic E-state index is -0.299. The Morgan fingerprint density at radius 1 is 1.34 bits per heavy atom. The Morgan fingerprint density at radius 2 is 2.03 bits per heavy atom. The maximum atomic E-state index is 13.0. The number of nitrogens with one attached hydrogen (secondary N) is 1. The lowest BCUT2D eigenvalue weighted by Crippen LogP contribution is -2.35. The van der Waals surface area contributed by atoms with Gasteiger partial charge in [0.25, 0.3) is 5.56 Å². The number of carbonyl (C=O) groups is 1. The number of rotatable bonds is 10. The summed E-state index contributed by atoms with van der Waals surface area (Å²) in [6, 6.07) is 7.91. The molecule has 1 aromatic carbocycles. The summed E-state index contributed by atoms with van der Waals surface area (Å²) >= 11 is 4.77. The molecule has 2 rings (SSSR count). The highest BCUT2D eigenvalue weighted by Gasteiger charge is 2.22. The van der Waals surface area contributed by atoms with Gasteiger partial charge in [0.1, 0.15) is 0 Å². The van der Waals surface area contributed by atoms with E-state index >= 15 is 0 Å². The van der Waals surface area contributed by atoms with Gasteiger partial charge in [0.05, 0.1) is 11.9 Å². The molecule has 158 valence electrons. The topological polar surface area (TPSA) is 73.2 Å². The monoisotopic (exact) mass is 481 g/mol. The lowest BCUT2D eigenvalue weighted by Gasteiger charge is -2.18. The van der Waals surface area contributed by atoms with Gasteiger partial charge in [0.2, 0.25) is 5.91 Å². The van der Waals surface area contributed by atoms with Crippen molar-refractivity contribution < 1.29 is 9.53 Å². The van der Waals surface area contributed by atoms with Crippen molar-refractivity contribution in [3.8, 4) is 0 Å². The first-order valence-electron chi connectivity index (χ1n) is 9.61. The second kappa shape index (κ2) is 11.5. The molecule has 6 nitrogen and oxygen atoms in total. The number of thioether (sulfide) groups is 1. The van der Waals surface area contributed by atoms with Crippen LogP contribution in [0.2, 0.25) is 0 Å². The third kappa shape index (κ3) is 6.69. The van der Waals surface area contributed by atoms with E-state index in [2.05, 4.69) is 26.2 Å². The van der Waals surface area contributed by atoms with Crippen LogP contribution in [-0.4, -0.2) is 41.0 Å². The number of hydrogen-bond acceptors (Lipinski definition) is 5. The molecule has 1 heterocycles. The van der Waals surface area contributed by atoms with Gasteiger partial charge < -0.3 is 10.1 Å². The van der Waals surface area contributed by atoms with Crippen LogP contribution in [0.4, 0.5) is 0 Å². The molecule has 0 bridgehead atoms. The van der Waals surface area contributed by atoms with E-state index in [0.29, 0.717) is 42.4 Å². The molecule has 1 unspecified atom stereocenters. The molecule has 0 radical (unpaired) electrons. The highest BCUT2D eigenvalue weighted by atomic mass is 79.9. The molecule has 0 aliphatic rings. The molecule has 0 spiro atoms. The van der Waals surface area contributed by atoms with Gasteiger partial charge in [-0.15, -0.1) is 0 Å². The predicted octanol–water partition coefficient (Wildman–Crippen LogP) is 3.47. The van der Waals surface area contributed by atoms with Crippen molar-refractivity contribution in [2.45, 2.75) is 43.5 Å². The van der Waals surface area contributed by atoms with E-state index in [1.54, 1.807) is 18.7 Å². The van der Waals surface area contributed by atoms with Crippen molar-refractivity contribution in [1.82, 2.24) is 14.9 Å². The number of aryl methyl sites for hydroxylation is 1. The summed E-state index contributed by atoms with van der Waals surface area (Å²) in [5.41, 5.74) is 2.36. The van der Waals surface area contributed by atoms with Gasteiger partial charge in [-0.1, -0.05) is 53.2 Å². The van der Waals surface area contributed by atoms with Crippen LogP contribution in [0.1, 0.15) is 36.6 Å². The third-order valence-corrected chi connectivity index (χ3v) is 6.38. The molecule has 0 saturated carbocycles. The zero-order chi connectivity index (χ0) is 21.4. The van der Waals surface area contributed by atoms with Gasteiger partial charge in [0, 0.05) is 42.9 Å². The Bertz CT molecular complexity index is 884. The summed E-state index contributed by atoms with van der Waals surface area (Å²) in [4.78, 5) is 30.2. The first-order chi connectivity index (χ1) is 13.9. The Labute approximate surface area is 184 Å². The molecule has 0 saturated heterocycles. The zero-order valence-electron chi connectivity index (χ0n) is 17.3. The molecular weight excluding hydrogens is 454 g/mol. The summed E-state index contributed by atoms with van der Waals surface area (Å²) < 4.78 is 7.54. The fourth-order valence-corrected chi connectivity index (χ4v) is 4.36. The fraction of sp³-hybridized carbons (Fsp3) is 0.476. The SMILES string of the molecule is CCCC(Sc1nc(C)c(Cc2ccc(Br)cc2)c(=O)n1C)C(=O)NCCOC. The van der Waals surface area contributed by atoms with E-state index in [1.807, 2.05) is 38.1 Å². The van der Waals surface area contributed by atoms with Gasteiger partial charge in [0.15, 0.2) is 5.16 Å². The average molecular weight is 482 g/mol. The van der Waals surface area contributed by atoms with E-state index in [1.165, 1.54) is 11.8 Å². The van der Waals surface area contributed by atoms with Gasteiger partial charge >= 0.3 is 0 Å². The molecule has 1 N–H and O–H groups in total. The fourth-order valence-electron chi connectivity index (χ4n) is 2.87. The summed E-state index contributed by atoms with van der Waals surface area (Å²) in [6.45, 7) is 4.83.